The summed E-state index contributed by atoms with van der Waals surface area (Å²) in [6.07, 6.45) is 4.71. The van der Waals surface area contributed by atoms with E-state index in [2.05, 4.69) is 158 Å². The number of aromatic nitrogens is 4. The van der Waals surface area contributed by atoms with Crippen molar-refractivity contribution in [2.45, 2.75) is 20.3 Å². The number of aryl methyl sites for hydroxylation is 1. The van der Waals surface area contributed by atoms with Crippen LogP contribution in [0, 0.1) is 13.8 Å². The van der Waals surface area contributed by atoms with Gasteiger partial charge in [-0.05, 0) is 0 Å². The summed E-state index contributed by atoms with van der Waals surface area (Å²) in [7, 11) is 0. The fourth-order valence-electron chi connectivity index (χ4n) is 8.22. The third-order valence-corrected chi connectivity index (χ3v) is 13.0. The molecule has 1 aliphatic rings. The van der Waals surface area contributed by atoms with Crippen LogP contribution in [-0.2, 0) is 6.42 Å². The topological polar surface area (TPSA) is 51.6 Å². The van der Waals surface area contributed by atoms with Crippen LogP contribution in [0.25, 0.3) is 86.3 Å². The molecule has 10 rings (SSSR count). The van der Waals surface area contributed by atoms with Gasteiger partial charge in [-0.2, -0.15) is 0 Å². The summed E-state index contributed by atoms with van der Waals surface area (Å²) in [5.41, 5.74) is 18.6. The zero-order chi connectivity index (χ0) is 34.8. The van der Waals surface area contributed by atoms with Gasteiger partial charge >= 0.3 is 310 Å². The number of rotatable bonds is 5. The van der Waals surface area contributed by atoms with Crippen LogP contribution < -0.4 is 0 Å². The molecule has 6 aromatic carbocycles. The molecule has 3 aromatic heterocycles. The van der Waals surface area contributed by atoms with Crippen LogP contribution in [0.15, 0.2) is 146 Å². The van der Waals surface area contributed by atoms with Crippen LogP contribution in [0.4, 0.5) is 0 Å². The number of pyridine rings is 1. The minimum atomic E-state index is 0.169. The van der Waals surface area contributed by atoms with E-state index in [1.807, 2.05) is 6.07 Å². The van der Waals surface area contributed by atoms with Gasteiger partial charge in [0, 0.05) is 0 Å². The average Bonchev–Trinajstić information content (AvgIpc) is 3.77. The molecule has 0 saturated heterocycles. The van der Waals surface area contributed by atoms with Gasteiger partial charge in [-0.3, -0.25) is 0 Å². The normalized spacial score (nSPS) is 12.0. The molecule has 3 heterocycles. The van der Waals surface area contributed by atoms with Crippen molar-refractivity contribution in [1.82, 2.24) is 20.4 Å². The Bertz CT molecular complexity index is 2830. The van der Waals surface area contributed by atoms with E-state index >= 15 is 0 Å². The number of fused-ring (bicyclic) bond motifs is 6. The van der Waals surface area contributed by atoms with Crippen molar-refractivity contribution in [2.24, 2.45) is 0 Å². The van der Waals surface area contributed by atoms with Crippen LogP contribution in [0.5, 0.6) is 0 Å². The Labute approximate surface area is 308 Å². The van der Waals surface area contributed by atoms with Crippen molar-refractivity contribution >= 4 is 33.8 Å². The van der Waals surface area contributed by atoms with Crippen molar-refractivity contribution in [3.8, 4) is 67.0 Å². The molecule has 0 atom stereocenters. The molecular formula is C47H32N4Se. The summed E-state index contributed by atoms with van der Waals surface area (Å²) in [5, 5.41) is 15.6. The predicted octanol–water partition coefficient (Wildman–Crippen LogP) is 11.2. The molecule has 5 heteroatoms. The van der Waals surface area contributed by atoms with Gasteiger partial charge in [-0.25, -0.2) is 0 Å². The SMILES string of the molecule is Cc1cc2c(c(-c3ccc4[se]c5ccccc5c4c3-c3ncc(-c4ccccc4)c(-c4ccccc4)c3-c3ccnnn3)c1C)Cc1ccccc1-2. The molecule has 0 aliphatic heterocycles. The minimum absolute atomic E-state index is 0.169. The molecule has 246 valence electrons. The second-order valence-corrected chi connectivity index (χ2v) is 15.8. The van der Waals surface area contributed by atoms with Gasteiger partial charge in [0.2, 0.25) is 0 Å². The van der Waals surface area contributed by atoms with E-state index in [-0.39, 0.29) is 14.5 Å². The maximum atomic E-state index is 5.53. The van der Waals surface area contributed by atoms with E-state index in [9.17, 15) is 0 Å². The molecule has 0 bridgehead atoms. The van der Waals surface area contributed by atoms with Gasteiger partial charge in [-0.1, -0.05) is 0 Å². The van der Waals surface area contributed by atoms with E-state index in [1.54, 1.807) is 6.20 Å². The van der Waals surface area contributed by atoms with E-state index in [0.29, 0.717) is 0 Å². The Balaban J connectivity index is 1.40. The Morgan fingerprint density at radius 1 is 0.577 bits per heavy atom. The number of nitrogens with zero attached hydrogens (tertiary/aromatic N) is 4. The molecule has 0 N–H and O–H groups in total. The Hall–Kier alpha value is -6.00. The van der Waals surface area contributed by atoms with E-state index in [4.69, 9.17) is 10.1 Å². The van der Waals surface area contributed by atoms with Gasteiger partial charge in [-0.15, -0.1) is 0 Å². The first-order chi connectivity index (χ1) is 25.7. The summed E-state index contributed by atoms with van der Waals surface area (Å²) in [6, 6.07) is 48.1. The number of benzene rings is 6. The van der Waals surface area contributed by atoms with E-state index in [0.717, 1.165) is 51.2 Å². The summed E-state index contributed by atoms with van der Waals surface area (Å²) >= 11 is 0.169. The summed E-state index contributed by atoms with van der Waals surface area (Å²) < 4.78 is 2.77. The second kappa shape index (κ2) is 12.3. The van der Waals surface area contributed by atoms with Crippen LogP contribution in [-0.4, -0.2) is 34.9 Å². The molecule has 0 unspecified atom stereocenters. The monoisotopic (exact) mass is 732 g/mol. The van der Waals surface area contributed by atoms with Crippen molar-refractivity contribution in [1.29, 1.82) is 0 Å². The first-order valence-corrected chi connectivity index (χ1v) is 19.3. The zero-order valence-corrected chi connectivity index (χ0v) is 30.5. The molecule has 0 radical (unpaired) electrons. The quantitative estimate of drug-likeness (QED) is 0.165. The van der Waals surface area contributed by atoms with Crippen molar-refractivity contribution in [3.63, 3.8) is 0 Å². The van der Waals surface area contributed by atoms with Gasteiger partial charge in [0.1, 0.15) is 0 Å². The van der Waals surface area contributed by atoms with Crippen LogP contribution in [0.1, 0.15) is 22.3 Å². The summed E-state index contributed by atoms with van der Waals surface area (Å²) in [6.45, 7) is 4.54. The average molecular weight is 732 g/mol. The number of hydrogen-bond donors (Lipinski definition) is 0. The first kappa shape index (κ1) is 30.8. The van der Waals surface area contributed by atoms with Gasteiger partial charge in [0.05, 0.1) is 0 Å². The molecule has 52 heavy (non-hydrogen) atoms. The van der Waals surface area contributed by atoms with E-state index in [1.165, 1.54) is 63.8 Å². The van der Waals surface area contributed by atoms with Crippen molar-refractivity contribution in [2.75, 3.05) is 0 Å². The Morgan fingerprint density at radius 3 is 2.13 bits per heavy atom. The van der Waals surface area contributed by atoms with Gasteiger partial charge in [0.25, 0.3) is 0 Å². The van der Waals surface area contributed by atoms with Gasteiger partial charge < -0.3 is 0 Å². The molecule has 0 fully saturated rings. The fraction of sp³-hybridized carbons (Fsp3) is 0.0638. The molecule has 0 saturated carbocycles. The fourth-order valence-corrected chi connectivity index (χ4v) is 10.6. The standard InChI is InChI=1S/C47H32N4Se/c1-28-25-36-33-18-10-9-17-32(33)26-37(36)42(29(28)2)35-21-22-41-44(34-19-11-12-20-40(34)52-41)45(35)47-46(39-23-24-49-51-50-39)43(31-15-7-4-8-16-31)38(27-48-47)30-13-5-3-6-14-30/h3-25,27H,26H2,1-2H3. The third-order valence-electron chi connectivity index (χ3n) is 10.7. The molecule has 1 aliphatic carbocycles. The van der Waals surface area contributed by atoms with Crippen LogP contribution in [0.2, 0.25) is 0 Å². The second-order valence-electron chi connectivity index (χ2n) is 13.5. The summed E-state index contributed by atoms with van der Waals surface area (Å²) in [4.78, 5) is 5.53. The molecular weight excluding hydrogens is 700 g/mol. The number of hydrogen-bond acceptors (Lipinski definition) is 4. The summed E-state index contributed by atoms with van der Waals surface area (Å²) in [5.74, 6) is 0. The molecule has 4 nitrogen and oxygen atoms in total. The molecule has 0 spiro atoms. The maximum absolute atomic E-state index is 5.53. The van der Waals surface area contributed by atoms with Crippen molar-refractivity contribution in [3.05, 3.63) is 168 Å². The van der Waals surface area contributed by atoms with Gasteiger partial charge in [0.15, 0.2) is 0 Å². The van der Waals surface area contributed by atoms with Crippen LogP contribution >= 0.6 is 0 Å². The molecule has 9 aromatic rings. The molecule has 0 amide bonds. The van der Waals surface area contributed by atoms with Crippen LogP contribution in [0.3, 0.4) is 0 Å². The first-order valence-electron chi connectivity index (χ1n) is 17.6. The predicted molar refractivity (Wildman–Crippen MR) is 214 cm³/mol. The van der Waals surface area contributed by atoms with Crippen molar-refractivity contribution < 1.29 is 0 Å². The Morgan fingerprint density at radius 2 is 1.33 bits per heavy atom. The van der Waals surface area contributed by atoms with E-state index < -0.39 is 0 Å². The zero-order valence-electron chi connectivity index (χ0n) is 28.8. The Kier molecular flexibility index (Phi) is 7.31. The third kappa shape index (κ3) is 4.81.